The summed E-state index contributed by atoms with van der Waals surface area (Å²) in [6.07, 6.45) is 12.8. The second-order valence-electron chi connectivity index (χ2n) is 7.75. The molecule has 0 amide bonds. The summed E-state index contributed by atoms with van der Waals surface area (Å²) in [6, 6.07) is 16.4. The first-order chi connectivity index (χ1) is 15.4. The van der Waals surface area contributed by atoms with E-state index in [0.717, 1.165) is 30.4 Å². The fourth-order valence-corrected chi connectivity index (χ4v) is 4.89. The number of allylic oxidation sites excluding steroid dienone is 4. The van der Waals surface area contributed by atoms with Gasteiger partial charge in [0.25, 0.3) is 0 Å². The molecule has 0 aromatic heterocycles. The Hall–Kier alpha value is -2.63. The summed E-state index contributed by atoms with van der Waals surface area (Å²) >= 11 is 0. The van der Waals surface area contributed by atoms with Crippen LogP contribution in [0.25, 0.3) is 0 Å². The summed E-state index contributed by atoms with van der Waals surface area (Å²) in [5, 5.41) is 9.73. The first-order valence-corrected chi connectivity index (χ1v) is 12.6. The van der Waals surface area contributed by atoms with E-state index < -0.39 is 21.2 Å². The van der Waals surface area contributed by atoms with Gasteiger partial charge in [-0.05, 0) is 56.9 Å². The van der Waals surface area contributed by atoms with Gasteiger partial charge >= 0.3 is 0 Å². The van der Waals surface area contributed by atoms with Gasteiger partial charge in [-0.1, -0.05) is 78.8 Å². The van der Waals surface area contributed by atoms with Crippen molar-refractivity contribution in [3.05, 3.63) is 102 Å². The van der Waals surface area contributed by atoms with E-state index in [0.29, 0.717) is 13.0 Å². The van der Waals surface area contributed by atoms with Crippen LogP contribution in [0.2, 0.25) is 0 Å². The van der Waals surface area contributed by atoms with Crippen LogP contribution in [0.3, 0.4) is 0 Å². The highest BCUT2D eigenvalue weighted by Crippen LogP contribution is 2.23. The molecular formula is C27H34O4S. The topological polar surface area (TPSA) is 63.6 Å². The first-order valence-electron chi connectivity index (χ1n) is 11.0. The van der Waals surface area contributed by atoms with Crippen molar-refractivity contribution in [3.63, 3.8) is 0 Å². The van der Waals surface area contributed by atoms with Gasteiger partial charge in [-0.15, -0.1) is 0 Å². The molecule has 0 saturated heterocycles. The summed E-state index contributed by atoms with van der Waals surface area (Å²) in [5.41, 5.74) is 1.97. The SMILES string of the molecule is C/C=C/C=C/CCCCC(O)C(/C=C\OCc1ccccc1)S(=O)(=O)c1ccc(C)cc1. The largest absolute Gasteiger partial charge is 0.497 e. The van der Waals surface area contributed by atoms with Crippen molar-refractivity contribution in [2.45, 2.75) is 62.4 Å². The van der Waals surface area contributed by atoms with E-state index in [9.17, 15) is 13.5 Å². The molecular weight excluding hydrogens is 420 g/mol. The number of benzene rings is 2. The van der Waals surface area contributed by atoms with Crippen LogP contribution in [0, 0.1) is 6.92 Å². The van der Waals surface area contributed by atoms with Crippen molar-refractivity contribution in [2.24, 2.45) is 0 Å². The van der Waals surface area contributed by atoms with Gasteiger partial charge in [-0.3, -0.25) is 0 Å². The van der Waals surface area contributed by atoms with E-state index in [4.69, 9.17) is 4.74 Å². The van der Waals surface area contributed by atoms with Crippen LogP contribution in [0.5, 0.6) is 0 Å². The maximum absolute atomic E-state index is 13.3. The minimum atomic E-state index is -3.76. The number of rotatable bonds is 13. The van der Waals surface area contributed by atoms with Crippen LogP contribution in [-0.4, -0.2) is 24.9 Å². The minimum absolute atomic E-state index is 0.203. The van der Waals surface area contributed by atoms with Gasteiger partial charge < -0.3 is 9.84 Å². The Bertz CT molecular complexity index is 974. The summed E-state index contributed by atoms with van der Waals surface area (Å²) in [5.74, 6) is 0. The molecule has 32 heavy (non-hydrogen) atoms. The Morgan fingerprint density at radius 3 is 2.41 bits per heavy atom. The molecule has 2 unspecified atom stereocenters. The molecule has 0 radical (unpaired) electrons. The van der Waals surface area contributed by atoms with Crippen LogP contribution in [0.4, 0.5) is 0 Å². The van der Waals surface area contributed by atoms with Crippen molar-refractivity contribution < 1.29 is 18.3 Å². The smallest absolute Gasteiger partial charge is 0.187 e. The Balaban J connectivity index is 2.07. The summed E-state index contributed by atoms with van der Waals surface area (Å²) in [7, 11) is -3.76. The minimum Gasteiger partial charge on any atom is -0.497 e. The van der Waals surface area contributed by atoms with Crippen LogP contribution >= 0.6 is 0 Å². The predicted octanol–water partition coefficient (Wildman–Crippen LogP) is 5.92. The molecule has 0 fully saturated rings. The molecule has 1 N–H and O–H groups in total. The second-order valence-corrected chi connectivity index (χ2v) is 9.86. The molecule has 4 nitrogen and oxygen atoms in total. The van der Waals surface area contributed by atoms with E-state index in [1.54, 1.807) is 24.3 Å². The highest BCUT2D eigenvalue weighted by molar-refractivity contribution is 7.92. The lowest BCUT2D eigenvalue weighted by Crippen LogP contribution is -2.32. The summed E-state index contributed by atoms with van der Waals surface area (Å²) in [4.78, 5) is 0.203. The Kier molecular flexibility index (Phi) is 11.0. The zero-order chi connectivity index (χ0) is 23.2. The monoisotopic (exact) mass is 454 g/mol. The fourth-order valence-electron chi connectivity index (χ4n) is 3.24. The van der Waals surface area contributed by atoms with Gasteiger partial charge in [0.1, 0.15) is 11.9 Å². The standard InChI is InChI=1S/C27H34O4S/c1-3-4-5-6-7-8-12-15-26(28)27(20-21-31-22-24-13-10-9-11-14-24)32(29,30)25-18-16-23(2)17-19-25/h3-6,9-11,13-14,16-21,26-28H,7-8,12,15,22H2,1-2H3/b4-3+,6-5+,21-20-. The molecule has 0 aliphatic rings. The molecule has 0 heterocycles. The van der Waals surface area contributed by atoms with Crippen LogP contribution in [-0.2, 0) is 21.2 Å². The third kappa shape index (κ3) is 8.48. The number of aliphatic hydroxyl groups is 1. The molecule has 5 heteroatoms. The molecule has 2 aromatic rings. The molecule has 0 saturated carbocycles. The van der Waals surface area contributed by atoms with E-state index in [1.165, 1.54) is 12.3 Å². The molecule has 2 atom stereocenters. The van der Waals surface area contributed by atoms with Crippen LogP contribution in [0.1, 0.15) is 43.7 Å². The quantitative estimate of drug-likeness (QED) is 0.232. The average Bonchev–Trinajstić information content (AvgIpc) is 2.79. The molecule has 0 aliphatic carbocycles. The number of sulfone groups is 1. The number of hydrogen-bond acceptors (Lipinski definition) is 4. The molecule has 172 valence electrons. The number of hydrogen-bond donors (Lipinski definition) is 1. The third-order valence-corrected chi connectivity index (χ3v) is 7.22. The van der Waals surface area contributed by atoms with Crippen molar-refractivity contribution in [1.29, 1.82) is 0 Å². The van der Waals surface area contributed by atoms with Gasteiger partial charge in [0.05, 0.1) is 17.3 Å². The maximum Gasteiger partial charge on any atom is 0.187 e. The van der Waals surface area contributed by atoms with E-state index in [2.05, 4.69) is 6.08 Å². The molecule has 2 aromatic carbocycles. The Labute approximate surface area is 192 Å². The van der Waals surface area contributed by atoms with Gasteiger partial charge in [0.2, 0.25) is 0 Å². The van der Waals surface area contributed by atoms with Crippen LogP contribution < -0.4 is 0 Å². The Morgan fingerprint density at radius 2 is 1.72 bits per heavy atom. The lowest BCUT2D eigenvalue weighted by molar-refractivity contribution is 0.163. The van der Waals surface area contributed by atoms with E-state index >= 15 is 0 Å². The zero-order valence-corrected chi connectivity index (χ0v) is 19.7. The average molecular weight is 455 g/mol. The van der Waals surface area contributed by atoms with Crippen molar-refractivity contribution in [2.75, 3.05) is 0 Å². The maximum atomic E-state index is 13.3. The highest BCUT2D eigenvalue weighted by Gasteiger charge is 2.31. The molecule has 0 spiro atoms. The summed E-state index contributed by atoms with van der Waals surface area (Å²) < 4.78 is 32.1. The number of unbranched alkanes of at least 4 members (excludes halogenated alkanes) is 2. The normalized spacial score (nSPS) is 14.3. The molecule has 0 bridgehead atoms. The third-order valence-electron chi connectivity index (χ3n) is 5.10. The Morgan fingerprint density at radius 1 is 1.00 bits per heavy atom. The van der Waals surface area contributed by atoms with Gasteiger partial charge in [-0.2, -0.15) is 0 Å². The number of aryl methyl sites for hydroxylation is 1. The highest BCUT2D eigenvalue weighted by atomic mass is 32.2. The lowest BCUT2D eigenvalue weighted by Gasteiger charge is -2.20. The molecule has 0 aliphatic heterocycles. The number of ether oxygens (including phenoxy) is 1. The fraction of sp³-hybridized carbons (Fsp3) is 0.333. The van der Waals surface area contributed by atoms with Gasteiger partial charge in [0, 0.05) is 0 Å². The second kappa shape index (κ2) is 13.7. The van der Waals surface area contributed by atoms with E-state index in [-0.39, 0.29) is 4.90 Å². The number of aliphatic hydroxyl groups excluding tert-OH is 1. The first kappa shape index (κ1) is 25.6. The van der Waals surface area contributed by atoms with Crippen molar-refractivity contribution in [1.82, 2.24) is 0 Å². The van der Waals surface area contributed by atoms with E-state index in [1.807, 2.05) is 62.4 Å². The lowest BCUT2D eigenvalue weighted by atomic mass is 10.1. The molecule has 2 rings (SSSR count). The zero-order valence-electron chi connectivity index (χ0n) is 18.9. The van der Waals surface area contributed by atoms with Crippen molar-refractivity contribution >= 4 is 9.84 Å². The van der Waals surface area contributed by atoms with Gasteiger partial charge in [-0.25, -0.2) is 8.42 Å². The predicted molar refractivity (Wildman–Crippen MR) is 131 cm³/mol. The summed E-state index contributed by atoms with van der Waals surface area (Å²) in [6.45, 7) is 4.21. The van der Waals surface area contributed by atoms with Gasteiger partial charge in [0.15, 0.2) is 9.84 Å². The van der Waals surface area contributed by atoms with Crippen LogP contribution in [0.15, 0.2) is 96.1 Å². The van der Waals surface area contributed by atoms with Crippen molar-refractivity contribution in [3.8, 4) is 0 Å².